The number of benzene rings is 1. The van der Waals surface area contributed by atoms with Gasteiger partial charge in [0.25, 0.3) is 5.91 Å². The summed E-state index contributed by atoms with van der Waals surface area (Å²) in [5.41, 5.74) is 1.63. The summed E-state index contributed by atoms with van der Waals surface area (Å²) in [6.45, 7) is 3.28. The molecular formula is C19H20N4O2. The van der Waals surface area contributed by atoms with Gasteiger partial charge in [-0.05, 0) is 25.8 Å². The Labute approximate surface area is 146 Å². The highest BCUT2D eigenvalue weighted by Crippen LogP contribution is 2.28. The van der Waals surface area contributed by atoms with Gasteiger partial charge in [0.1, 0.15) is 11.5 Å². The van der Waals surface area contributed by atoms with Gasteiger partial charge in [-0.2, -0.15) is 0 Å². The Kier molecular flexibility index (Phi) is 4.09. The summed E-state index contributed by atoms with van der Waals surface area (Å²) >= 11 is 0. The van der Waals surface area contributed by atoms with Crippen LogP contribution in [0.5, 0.6) is 0 Å². The fourth-order valence-electron chi connectivity index (χ4n) is 3.36. The quantitative estimate of drug-likeness (QED) is 0.736. The molecule has 0 aliphatic carbocycles. The Balaban J connectivity index is 1.48. The van der Waals surface area contributed by atoms with Crippen molar-refractivity contribution in [2.24, 2.45) is 0 Å². The SMILES string of the molecule is Cc1oc(-c2ccccc2)cc1C(=O)N1CCC(n2ccnn2)CC1. The molecule has 1 saturated heterocycles. The van der Waals surface area contributed by atoms with E-state index in [1.807, 2.05) is 59.1 Å². The molecular weight excluding hydrogens is 316 g/mol. The second-order valence-corrected chi connectivity index (χ2v) is 6.35. The lowest BCUT2D eigenvalue weighted by Crippen LogP contribution is -2.39. The number of hydrogen-bond acceptors (Lipinski definition) is 4. The highest BCUT2D eigenvalue weighted by Gasteiger charge is 2.27. The van der Waals surface area contributed by atoms with Gasteiger partial charge in [0, 0.05) is 24.8 Å². The lowest BCUT2D eigenvalue weighted by Gasteiger charge is -2.31. The van der Waals surface area contributed by atoms with Crippen molar-refractivity contribution in [2.75, 3.05) is 13.1 Å². The molecule has 6 heteroatoms. The third kappa shape index (κ3) is 3.07. The van der Waals surface area contributed by atoms with Crippen molar-refractivity contribution < 1.29 is 9.21 Å². The third-order valence-electron chi connectivity index (χ3n) is 4.77. The second kappa shape index (κ2) is 6.55. The van der Waals surface area contributed by atoms with Crippen molar-refractivity contribution in [3.8, 4) is 11.3 Å². The highest BCUT2D eigenvalue weighted by molar-refractivity contribution is 5.96. The van der Waals surface area contributed by atoms with E-state index in [0.717, 1.165) is 24.2 Å². The topological polar surface area (TPSA) is 64.2 Å². The van der Waals surface area contributed by atoms with Gasteiger partial charge in [0.05, 0.1) is 17.8 Å². The number of amides is 1. The minimum atomic E-state index is 0.0421. The molecule has 0 bridgehead atoms. The van der Waals surface area contributed by atoms with Crippen LogP contribution in [-0.2, 0) is 0 Å². The molecule has 3 aromatic rings. The number of likely N-dealkylation sites (tertiary alicyclic amines) is 1. The Morgan fingerprint density at radius 1 is 1.20 bits per heavy atom. The van der Waals surface area contributed by atoms with E-state index in [0.29, 0.717) is 30.5 Å². The van der Waals surface area contributed by atoms with Crippen LogP contribution in [0, 0.1) is 6.92 Å². The predicted molar refractivity (Wildman–Crippen MR) is 93.1 cm³/mol. The number of furan rings is 1. The minimum Gasteiger partial charge on any atom is -0.461 e. The van der Waals surface area contributed by atoms with Crippen LogP contribution in [0.3, 0.4) is 0 Å². The maximum Gasteiger partial charge on any atom is 0.257 e. The van der Waals surface area contributed by atoms with Gasteiger partial charge in [0.15, 0.2) is 0 Å². The van der Waals surface area contributed by atoms with Crippen molar-refractivity contribution in [1.82, 2.24) is 19.9 Å². The average Bonchev–Trinajstić information content (AvgIpc) is 3.32. The Hall–Kier alpha value is -2.89. The van der Waals surface area contributed by atoms with E-state index in [1.165, 1.54) is 0 Å². The Morgan fingerprint density at radius 3 is 2.64 bits per heavy atom. The van der Waals surface area contributed by atoms with Crippen molar-refractivity contribution in [3.63, 3.8) is 0 Å². The number of nitrogens with zero attached hydrogens (tertiary/aromatic N) is 4. The molecule has 1 aliphatic heterocycles. The van der Waals surface area contributed by atoms with E-state index < -0.39 is 0 Å². The van der Waals surface area contributed by atoms with Crippen LogP contribution < -0.4 is 0 Å². The fraction of sp³-hybridized carbons (Fsp3) is 0.316. The molecule has 0 atom stereocenters. The van der Waals surface area contributed by atoms with Crippen molar-refractivity contribution in [1.29, 1.82) is 0 Å². The molecule has 2 aromatic heterocycles. The standard InChI is InChI=1S/C19H20N4O2/c1-14-17(13-18(25-14)15-5-3-2-4-6-15)19(24)22-10-7-16(8-11-22)23-12-9-20-21-23/h2-6,9,12-13,16H,7-8,10-11H2,1H3. The number of carbonyl (C=O) groups excluding carboxylic acids is 1. The van der Waals surface area contributed by atoms with E-state index in [-0.39, 0.29) is 5.91 Å². The van der Waals surface area contributed by atoms with Crippen LogP contribution in [0.4, 0.5) is 0 Å². The van der Waals surface area contributed by atoms with Gasteiger partial charge >= 0.3 is 0 Å². The molecule has 0 saturated carbocycles. The van der Waals surface area contributed by atoms with Crippen molar-refractivity contribution in [2.45, 2.75) is 25.8 Å². The first kappa shape index (κ1) is 15.6. The van der Waals surface area contributed by atoms with Gasteiger partial charge < -0.3 is 9.32 Å². The summed E-state index contributed by atoms with van der Waals surface area (Å²) in [7, 11) is 0. The van der Waals surface area contributed by atoms with Crippen LogP contribution >= 0.6 is 0 Å². The Bertz CT molecular complexity index is 847. The maximum absolute atomic E-state index is 12.9. The van der Waals surface area contributed by atoms with Crippen molar-refractivity contribution >= 4 is 5.91 Å². The summed E-state index contributed by atoms with van der Waals surface area (Å²) in [5, 5.41) is 7.93. The molecule has 3 heterocycles. The molecule has 0 unspecified atom stereocenters. The van der Waals surface area contributed by atoms with E-state index in [2.05, 4.69) is 10.3 Å². The van der Waals surface area contributed by atoms with Gasteiger partial charge in [-0.3, -0.25) is 4.79 Å². The lowest BCUT2D eigenvalue weighted by molar-refractivity contribution is 0.0687. The van der Waals surface area contributed by atoms with Crippen LogP contribution in [0.1, 0.15) is 35.0 Å². The normalized spacial score (nSPS) is 15.5. The van der Waals surface area contributed by atoms with Gasteiger partial charge in [0.2, 0.25) is 0 Å². The predicted octanol–water partition coefficient (Wildman–Crippen LogP) is 3.32. The maximum atomic E-state index is 12.9. The summed E-state index contributed by atoms with van der Waals surface area (Å²) in [5.74, 6) is 1.45. The monoisotopic (exact) mass is 336 g/mol. The molecule has 4 rings (SSSR count). The van der Waals surface area contributed by atoms with Gasteiger partial charge in [-0.15, -0.1) is 5.10 Å². The largest absolute Gasteiger partial charge is 0.461 e. The highest BCUT2D eigenvalue weighted by atomic mass is 16.3. The van der Waals surface area contributed by atoms with E-state index in [4.69, 9.17) is 4.42 Å². The fourth-order valence-corrected chi connectivity index (χ4v) is 3.36. The molecule has 0 radical (unpaired) electrons. The van der Waals surface area contributed by atoms with Crippen LogP contribution in [0.25, 0.3) is 11.3 Å². The molecule has 0 N–H and O–H groups in total. The first-order valence-electron chi connectivity index (χ1n) is 8.53. The zero-order chi connectivity index (χ0) is 17.2. The van der Waals surface area contributed by atoms with Crippen LogP contribution in [-0.4, -0.2) is 38.9 Å². The zero-order valence-electron chi connectivity index (χ0n) is 14.1. The van der Waals surface area contributed by atoms with Crippen LogP contribution in [0.15, 0.2) is 53.2 Å². The first-order chi connectivity index (χ1) is 12.2. The number of aryl methyl sites for hydroxylation is 1. The number of rotatable bonds is 3. The molecule has 6 nitrogen and oxygen atoms in total. The number of aromatic nitrogens is 3. The molecule has 25 heavy (non-hydrogen) atoms. The molecule has 0 spiro atoms. The summed E-state index contributed by atoms with van der Waals surface area (Å²) in [6, 6.07) is 12.0. The van der Waals surface area contributed by atoms with Gasteiger partial charge in [-0.1, -0.05) is 35.5 Å². The zero-order valence-corrected chi connectivity index (χ0v) is 14.1. The van der Waals surface area contributed by atoms with E-state index in [9.17, 15) is 4.79 Å². The van der Waals surface area contributed by atoms with Crippen LogP contribution in [0.2, 0.25) is 0 Å². The molecule has 1 aromatic carbocycles. The summed E-state index contributed by atoms with van der Waals surface area (Å²) in [4.78, 5) is 14.8. The minimum absolute atomic E-state index is 0.0421. The average molecular weight is 336 g/mol. The second-order valence-electron chi connectivity index (χ2n) is 6.35. The van der Waals surface area contributed by atoms with Gasteiger partial charge in [-0.25, -0.2) is 4.68 Å². The molecule has 1 fully saturated rings. The smallest absolute Gasteiger partial charge is 0.257 e. The summed E-state index contributed by atoms with van der Waals surface area (Å²) < 4.78 is 7.71. The molecule has 1 aliphatic rings. The number of piperidine rings is 1. The first-order valence-corrected chi connectivity index (χ1v) is 8.53. The number of hydrogen-bond donors (Lipinski definition) is 0. The third-order valence-corrected chi connectivity index (χ3v) is 4.77. The Morgan fingerprint density at radius 2 is 1.96 bits per heavy atom. The molecule has 1 amide bonds. The summed E-state index contributed by atoms with van der Waals surface area (Å²) in [6.07, 6.45) is 5.35. The van der Waals surface area contributed by atoms with Crippen molar-refractivity contribution in [3.05, 3.63) is 60.1 Å². The van der Waals surface area contributed by atoms with E-state index >= 15 is 0 Å². The lowest BCUT2D eigenvalue weighted by atomic mass is 10.0. The number of carbonyl (C=O) groups is 1. The van der Waals surface area contributed by atoms with E-state index in [1.54, 1.807) is 6.20 Å². The molecule has 128 valence electrons.